The number of ether oxygens (including phenoxy) is 11. The number of fused-ring (bicyclic) bond motifs is 7. The Bertz CT molecular complexity index is 2250. The van der Waals surface area contributed by atoms with Crippen molar-refractivity contribution in [3.05, 3.63) is 23.8 Å². The average molecular weight is 1190 g/mol. The summed E-state index contributed by atoms with van der Waals surface area (Å²) in [5.74, 6) is 0.527. The molecule has 0 spiro atoms. The second-order valence-electron chi connectivity index (χ2n) is 26.1. The minimum absolute atomic E-state index is 0.00403. The van der Waals surface area contributed by atoms with Crippen LogP contribution in [0.5, 0.6) is 0 Å². The lowest BCUT2D eigenvalue weighted by Crippen LogP contribution is -2.67. The summed E-state index contributed by atoms with van der Waals surface area (Å²) in [5, 5.41) is 163. The Kier molecular flexibility index (Phi) is 19.4. The van der Waals surface area contributed by atoms with Gasteiger partial charge < -0.3 is 129 Å². The van der Waals surface area contributed by atoms with Gasteiger partial charge in [-0.3, -0.25) is 0 Å². The second-order valence-corrected chi connectivity index (χ2v) is 26.1. The fourth-order valence-electron chi connectivity index (χ4n) is 16.2. The summed E-state index contributed by atoms with van der Waals surface area (Å²) in [7, 11) is 0. The number of hydrogen-bond donors (Lipinski definition) is 15. The second kappa shape index (κ2) is 25.0. The first-order chi connectivity index (χ1) is 39.2. The van der Waals surface area contributed by atoms with E-state index in [1.165, 1.54) is 26.3 Å². The van der Waals surface area contributed by atoms with Gasteiger partial charge in [0.1, 0.15) is 109 Å². The normalized spacial score (nSPS) is 55.4. The zero-order valence-corrected chi connectivity index (χ0v) is 47.9. The van der Waals surface area contributed by atoms with E-state index in [1.807, 2.05) is 0 Å². The van der Waals surface area contributed by atoms with Crippen molar-refractivity contribution < 1.29 is 129 Å². The standard InChI is InChI=1S/C57H92O26/c1-21(20-73-50-42(67)40(65)37(62)32(18-58)79-50)8-11-31-22(2)57(72)34(78-31)17-30-28-10-9-26-16-27(12-14-55(26,6)29(28)13-15-56(30,57)7)77-54-49(83-52-44(69)39(64)36(61)24(4)75-52)46(71)48(33(19-59)80-54)82-53-45(70)41(66)47(25(5)76-53)81-51-43(68)38(63)35(60)23(3)74-51/h9,22-25,27-54,58-72H,1,8,10-20H2,2-7H3/t22-,23+,24+,25+,27+,28-,29+,30+,31?,32-,33-,34+,35+,36+,37-,38-,39-,40+,41+,42-,43-,44-,45-,46+,47+,48-,49-,50-,51+,52+,53+,54-,55+,56+,57-/m1/s1. The predicted molar refractivity (Wildman–Crippen MR) is 280 cm³/mol. The lowest BCUT2D eigenvalue weighted by molar-refractivity contribution is -0.394. The molecule has 0 aromatic heterocycles. The summed E-state index contributed by atoms with van der Waals surface area (Å²) in [5.41, 5.74) is 0.147. The first kappa shape index (κ1) is 64.4. The van der Waals surface area contributed by atoms with Crippen LogP contribution in [0.4, 0.5) is 0 Å². The van der Waals surface area contributed by atoms with Gasteiger partial charge in [0.15, 0.2) is 31.5 Å². The van der Waals surface area contributed by atoms with E-state index in [1.54, 1.807) is 0 Å². The van der Waals surface area contributed by atoms with Crippen molar-refractivity contribution in [3.8, 4) is 0 Å². The highest BCUT2D eigenvalue weighted by Gasteiger charge is 2.73. The molecule has 4 aliphatic carbocycles. The number of aliphatic hydroxyl groups is 15. The fraction of sp³-hybridized carbons (Fsp3) is 0.930. The molecule has 3 saturated carbocycles. The minimum atomic E-state index is -1.89. The molecule has 83 heavy (non-hydrogen) atoms. The Labute approximate surface area is 482 Å². The third-order valence-corrected chi connectivity index (χ3v) is 21.4. The van der Waals surface area contributed by atoms with E-state index in [9.17, 15) is 76.6 Å². The van der Waals surface area contributed by atoms with E-state index >= 15 is 0 Å². The highest BCUT2D eigenvalue weighted by molar-refractivity contribution is 5.28. The van der Waals surface area contributed by atoms with Crippen molar-refractivity contribution >= 4 is 0 Å². The number of allylic oxidation sites excluding steroid dienone is 1. The maximum Gasteiger partial charge on any atom is 0.187 e. The van der Waals surface area contributed by atoms with Crippen LogP contribution in [0.2, 0.25) is 0 Å². The van der Waals surface area contributed by atoms with Gasteiger partial charge in [0, 0.05) is 11.3 Å². The summed E-state index contributed by atoms with van der Waals surface area (Å²) >= 11 is 0. The summed E-state index contributed by atoms with van der Waals surface area (Å²) in [4.78, 5) is 0. The Morgan fingerprint density at radius 3 is 1.73 bits per heavy atom. The van der Waals surface area contributed by atoms with Gasteiger partial charge in [-0.25, -0.2) is 0 Å². The maximum atomic E-state index is 12.9. The molecule has 0 radical (unpaired) electrons. The highest BCUT2D eigenvalue weighted by Crippen LogP contribution is 2.70. The molecular formula is C57H92O26. The topological polar surface area (TPSA) is 405 Å². The molecule has 0 aromatic rings. The van der Waals surface area contributed by atoms with Crippen LogP contribution in [-0.2, 0) is 52.1 Å². The SMILES string of the molecule is C=C(CCC1O[C@H]2C[C@H]3[C@@H]4CC=C5C[C@@H](O[C@@H]6O[C@H](CO)[C@@H](O[C@@H]7O[C@@H](C)[C@H](O[C@@H]8O[C@@H](C)[C@H](O)[C@@H](O)[C@H]8O)[C@@H](O)[C@H]7O)[C@H](O)[C@H]6O[C@@H]6O[C@@H](C)[C@H](O)[C@@H](O)[C@H]6O)CC[C@]5(C)[C@H]4CC[C@]3(C)[C@@]2(O)[C@@H]1C)CO[C@@H]1O[C@H](CO)[C@@H](O)[C@H](O)[C@H]1O. The van der Waals surface area contributed by atoms with Gasteiger partial charge in [0.25, 0.3) is 0 Å². The van der Waals surface area contributed by atoms with Crippen molar-refractivity contribution in [3.63, 3.8) is 0 Å². The third-order valence-electron chi connectivity index (χ3n) is 21.4. The molecule has 6 aliphatic heterocycles. The molecule has 35 atom stereocenters. The van der Waals surface area contributed by atoms with Crippen molar-refractivity contribution in [1.82, 2.24) is 0 Å². The quantitative estimate of drug-likeness (QED) is 0.0670. The lowest BCUT2D eigenvalue weighted by atomic mass is 9.46. The molecule has 26 heteroatoms. The molecule has 10 rings (SSSR count). The van der Waals surface area contributed by atoms with E-state index in [0.717, 1.165) is 25.7 Å². The summed E-state index contributed by atoms with van der Waals surface area (Å²) < 4.78 is 66.6. The molecule has 15 N–H and O–H groups in total. The zero-order chi connectivity index (χ0) is 60.1. The first-order valence-electron chi connectivity index (χ1n) is 29.8. The van der Waals surface area contributed by atoms with Crippen molar-refractivity contribution in [2.75, 3.05) is 19.8 Å². The third kappa shape index (κ3) is 11.4. The molecule has 476 valence electrons. The van der Waals surface area contributed by atoms with Gasteiger partial charge in [0.2, 0.25) is 0 Å². The van der Waals surface area contributed by atoms with Crippen LogP contribution < -0.4 is 0 Å². The monoisotopic (exact) mass is 1190 g/mol. The number of aliphatic hydroxyl groups excluding tert-OH is 14. The summed E-state index contributed by atoms with van der Waals surface area (Å²) in [6.07, 6.45) is -30.4. The van der Waals surface area contributed by atoms with Gasteiger partial charge in [-0.1, -0.05) is 44.6 Å². The number of hydrogen-bond acceptors (Lipinski definition) is 26. The molecule has 0 bridgehead atoms. The Hall–Kier alpha value is -1.56. The molecular weight excluding hydrogens is 1100 g/mol. The van der Waals surface area contributed by atoms with E-state index in [4.69, 9.17) is 52.1 Å². The van der Waals surface area contributed by atoms with Crippen LogP contribution in [0.25, 0.3) is 0 Å². The zero-order valence-electron chi connectivity index (χ0n) is 47.9. The predicted octanol–water partition coefficient (Wildman–Crippen LogP) is -3.41. The van der Waals surface area contributed by atoms with Crippen molar-refractivity contribution in [1.29, 1.82) is 0 Å². The molecule has 10 aliphatic rings. The Morgan fingerprint density at radius 2 is 1.11 bits per heavy atom. The summed E-state index contributed by atoms with van der Waals surface area (Å²) in [6.45, 7) is 13.8. The molecule has 26 nitrogen and oxygen atoms in total. The maximum absolute atomic E-state index is 12.9. The van der Waals surface area contributed by atoms with E-state index < -0.39 is 184 Å². The highest BCUT2D eigenvalue weighted by atomic mass is 16.8. The Morgan fingerprint density at radius 1 is 0.554 bits per heavy atom. The van der Waals surface area contributed by atoms with Gasteiger partial charge in [0.05, 0.1) is 56.4 Å². The van der Waals surface area contributed by atoms with Crippen LogP contribution in [-0.4, -0.2) is 274 Å². The smallest absolute Gasteiger partial charge is 0.187 e. The van der Waals surface area contributed by atoms with Gasteiger partial charge in [-0.05, 0) is 102 Å². The van der Waals surface area contributed by atoms with Crippen LogP contribution in [0.15, 0.2) is 23.8 Å². The van der Waals surface area contributed by atoms with Crippen LogP contribution in [0.3, 0.4) is 0 Å². The van der Waals surface area contributed by atoms with Crippen LogP contribution in [0.1, 0.15) is 99.3 Å². The summed E-state index contributed by atoms with van der Waals surface area (Å²) in [6, 6.07) is 0. The van der Waals surface area contributed by atoms with Gasteiger partial charge in [-0.2, -0.15) is 0 Å². The number of rotatable bonds is 16. The van der Waals surface area contributed by atoms with Crippen molar-refractivity contribution in [2.45, 2.75) is 277 Å². The Balaban J connectivity index is 0.788. The molecule has 0 aromatic carbocycles. The minimum Gasteiger partial charge on any atom is -0.394 e. The van der Waals surface area contributed by atoms with E-state index in [2.05, 4.69) is 33.4 Å². The van der Waals surface area contributed by atoms with E-state index in [0.29, 0.717) is 37.7 Å². The van der Waals surface area contributed by atoms with Crippen LogP contribution in [0, 0.1) is 34.5 Å². The average Bonchev–Trinajstić information content (AvgIpc) is 2.94. The van der Waals surface area contributed by atoms with Crippen LogP contribution >= 0.6 is 0 Å². The molecule has 6 heterocycles. The van der Waals surface area contributed by atoms with Crippen molar-refractivity contribution in [2.24, 2.45) is 34.5 Å². The fourth-order valence-corrected chi connectivity index (χ4v) is 16.2. The first-order valence-corrected chi connectivity index (χ1v) is 29.8. The van der Waals surface area contributed by atoms with E-state index in [-0.39, 0.29) is 47.9 Å². The molecule has 1 unspecified atom stereocenters. The molecule has 6 saturated heterocycles. The largest absolute Gasteiger partial charge is 0.394 e. The van der Waals surface area contributed by atoms with Gasteiger partial charge >= 0.3 is 0 Å². The molecule has 9 fully saturated rings. The van der Waals surface area contributed by atoms with Gasteiger partial charge in [-0.15, -0.1) is 0 Å². The lowest BCUT2D eigenvalue weighted by Gasteiger charge is -2.59. The molecule has 0 amide bonds.